The number of H-pyrrole nitrogens is 1. The summed E-state index contributed by atoms with van der Waals surface area (Å²) in [5.41, 5.74) is -0.0326. The van der Waals surface area contributed by atoms with Crippen molar-refractivity contribution in [2.75, 3.05) is 17.9 Å². The molecule has 0 aliphatic carbocycles. The molecule has 204 valence electrons. The maximum Gasteiger partial charge on any atom is 0.327 e. The number of aromatic nitrogens is 1. The van der Waals surface area contributed by atoms with Gasteiger partial charge in [0, 0.05) is 34.2 Å². The summed E-state index contributed by atoms with van der Waals surface area (Å²) in [6.45, 7) is 5.92. The van der Waals surface area contributed by atoms with E-state index in [9.17, 15) is 22.8 Å². The molecular weight excluding hydrogens is 555 g/mol. The van der Waals surface area contributed by atoms with Gasteiger partial charge in [0.25, 0.3) is 15.9 Å². The van der Waals surface area contributed by atoms with Crippen LogP contribution in [0.15, 0.2) is 47.5 Å². The summed E-state index contributed by atoms with van der Waals surface area (Å²) >= 11 is 12.1. The maximum atomic E-state index is 13.7. The number of amides is 2. The second-order valence-corrected chi connectivity index (χ2v) is 12.2. The lowest BCUT2D eigenvalue weighted by atomic mass is 10.1. The minimum Gasteiger partial charge on any atom is -0.459 e. The van der Waals surface area contributed by atoms with Gasteiger partial charge in [-0.2, -0.15) is 0 Å². The lowest BCUT2D eigenvalue weighted by Gasteiger charge is -2.26. The van der Waals surface area contributed by atoms with Crippen LogP contribution in [0, 0.1) is 0 Å². The second-order valence-electron chi connectivity index (χ2n) is 9.44. The van der Waals surface area contributed by atoms with Gasteiger partial charge in [-0.05, 0) is 64.1 Å². The van der Waals surface area contributed by atoms with Gasteiger partial charge in [-0.15, -0.1) is 0 Å². The normalized spacial score (nSPS) is 12.6. The molecule has 0 saturated carbocycles. The predicted molar refractivity (Wildman–Crippen MR) is 146 cm³/mol. The number of hydrogen-bond acceptors (Lipinski definition) is 6. The fourth-order valence-electron chi connectivity index (χ4n) is 3.62. The van der Waals surface area contributed by atoms with Crippen LogP contribution in [0.1, 0.15) is 38.1 Å². The van der Waals surface area contributed by atoms with Gasteiger partial charge in [-0.3, -0.25) is 18.7 Å². The Kier molecular flexibility index (Phi) is 8.65. The summed E-state index contributed by atoms with van der Waals surface area (Å²) < 4.78 is 33.6. The molecule has 1 heterocycles. The summed E-state index contributed by atoms with van der Waals surface area (Å²) in [6, 6.07) is 7.58. The van der Waals surface area contributed by atoms with E-state index in [2.05, 4.69) is 15.6 Å². The maximum absolute atomic E-state index is 13.7. The predicted octanol–water partition coefficient (Wildman–Crippen LogP) is 3.88. The first kappa shape index (κ1) is 29.3. The first-order valence-corrected chi connectivity index (χ1v) is 13.7. The number of esters is 1. The molecule has 10 nitrogen and oxygen atoms in total. The average Bonchev–Trinajstić information content (AvgIpc) is 3.23. The number of benzene rings is 2. The van der Waals surface area contributed by atoms with Crippen LogP contribution < -0.4 is 14.9 Å². The minimum absolute atomic E-state index is 0.106. The average molecular weight is 583 g/mol. The lowest BCUT2D eigenvalue weighted by molar-refractivity contribution is -0.152. The molecule has 3 aromatic rings. The molecule has 13 heteroatoms. The number of halogens is 2. The Morgan fingerprint density at radius 1 is 1.08 bits per heavy atom. The number of hydrogen-bond donors (Lipinski definition) is 3. The SMILES string of the molecule is CNC(=O)C(C)NC(=O)c1c[nH]c2cc(N(CC(=O)OC(C)(C)C)S(=O)(=O)c3cc(Cl)cc(Cl)c3)ccc12. The number of sulfonamides is 1. The summed E-state index contributed by atoms with van der Waals surface area (Å²) in [6.07, 6.45) is 1.45. The first-order chi connectivity index (χ1) is 17.6. The quantitative estimate of drug-likeness (QED) is 0.345. The minimum atomic E-state index is -4.33. The molecule has 1 aromatic heterocycles. The Morgan fingerprint density at radius 3 is 2.29 bits per heavy atom. The molecule has 0 fully saturated rings. The molecule has 3 N–H and O–H groups in total. The smallest absolute Gasteiger partial charge is 0.327 e. The summed E-state index contributed by atoms with van der Waals surface area (Å²) in [4.78, 5) is 40.0. The van der Waals surface area contributed by atoms with E-state index >= 15 is 0 Å². The van der Waals surface area contributed by atoms with Crippen molar-refractivity contribution in [1.29, 1.82) is 0 Å². The Morgan fingerprint density at radius 2 is 1.71 bits per heavy atom. The molecule has 38 heavy (non-hydrogen) atoms. The number of carbonyl (C=O) groups is 3. The number of fused-ring (bicyclic) bond motifs is 1. The number of carbonyl (C=O) groups excluding carboxylic acids is 3. The van der Waals surface area contributed by atoms with E-state index < -0.39 is 40.1 Å². The molecule has 1 atom stereocenters. The van der Waals surface area contributed by atoms with E-state index in [4.69, 9.17) is 27.9 Å². The van der Waals surface area contributed by atoms with E-state index in [1.807, 2.05) is 0 Å². The van der Waals surface area contributed by atoms with Gasteiger partial charge >= 0.3 is 5.97 Å². The topological polar surface area (TPSA) is 138 Å². The highest BCUT2D eigenvalue weighted by atomic mass is 35.5. The highest BCUT2D eigenvalue weighted by Gasteiger charge is 2.30. The largest absolute Gasteiger partial charge is 0.459 e. The van der Waals surface area contributed by atoms with Crippen molar-refractivity contribution in [2.24, 2.45) is 0 Å². The third-order valence-electron chi connectivity index (χ3n) is 5.30. The molecule has 0 aliphatic heterocycles. The van der Waals surface area contributed by atoms with Gasteiger partial charge < -0.3 is 20.4 Å². The number of nitrogens with one attached hydrogen (secondary N) is 3. The molecule has 3 rings (SSSR count). The van der Waals surface area contributed by atoms with Gasteiger partial charge in [-0.25, -0.2) is 8.42 Å². The van der Waals surface area contributed by atoms with Crippen LogP contribution in [0.3, 0.4) is 0 Å². The second kappa shape index (κ2) is 11.2. The molecule has 0 bridgehead atoms. The van der Waals surface area contributed by atoms with Crippen molar-refractivity contribution in [3.63, 3.8) is 0 Å². The third-order valence-corrected chi connectivity index (χ3v) is 7.49. The van der Waals surface area contributed by atoms with Crippen molar-refractivity contribution in [1.82, 2.24) is 15.6 Å². The van der Waals surface area contributed by atoms with Gasteiger partial charge in [0.1, 0.15) is 18.2 Å². The van der Waals surface area contributed by atoms with Crippen LogP contribution in [-0.2, 0) is 24.3 Å². The molecule has 2 amide bonds. The first-order valence-electron chi connectivity index (χ1n) is 11.5. The molecule has 0 radical (unpaired) electrons. The van der Waals surface area contributed by atoms with Gasteiger partial charge in [0.05, 0.1) is 16.1 Å². The number of rotatable bonds is 8. The fraction of sp³-hybridized carbons (Fsp3) is 0.320. The van der Waals surface area contributed by atoms with E-state index in [1.54, 1.807) is 33.8 Å². The molecule has 0 saturated heterocycles. The van der Waals surface area contributed by atoms with Crippen LogP contribution >= 0.6 is 23.2 Å². The van der Waals surface area contributed by atoms with Crippen molar-refractivity contribution in [2.45, 2.75) is 44.2 Å². The molecule has 1 unspecified atom stereocenters. The summed E-state index contributed by atoms with van der Waals surface area (Å²) in [5, 5.41) is 5.76. The zero-order valence-electron chi connectivity index (χ0n) is 21.4. The van der Waals surface area contributed by atoms with Crippen molar-refractivity contribution in [3.8, 4) is 0 Å². The number of anilines is 1. The monoisotopic (exact) mass is 582 g/mol. The van der Waals surface area contributed by atoms with Gasteiger partial charge in [0.15, 0.2) is 0 Å². The van der Waals surface area contributed by atoms with Gasteiger partial charge in [0.2, 0.25) is 5.91 Å². The molecule has 0 aliphatic rings. The van der Waals surface area contributed by atoms with E-state index in [0.717, 1.165) is 4.31 Å². The lowest BCUT2D eigenvalue weighted by Crippen LogP contribution is -2.43. The zero-order chi connectivity index (χ0) is 28.4. The number of nitrogens with zero attached hydrogens (tertiary/aromatic N) is 1. The number of aromatic amines is 1. The van der Waals surface area contributed by atoms with Crippen LogP contribution in [0.5, 0.6) is 0 Å². The van der Waals surface area contributed by atoms with Crippen LogP contribution in [-0.4, -0.2) is 56.4 Å². The number of likely N-dealkylation sites (N-methyl/N-ethyl adjacent to an activating group) is 1. The molecule has 2 aromatic carbocycles. The standard InChI is InChI=1S/C25H28Cl2N4O6S/c1-14(23(33)28-5)30-24(34)20-12-29-21-11-17(6-7-19(20)21)31(13-22(32)37-25(2,3)4)38(35,36)18-9-15(26)8-16(27)10-18/h6-12,14,29H,13H2,1-5H3,(H,28,33)(H,30,34). The van der Waals surface area contributed by atoms with Gasteiger partial charge in [-0.1, -0.05) is 23.2 Å². The zero-order valence-corrected chi connectivity index (χ0v) is 23.7. The Balaban J connectivity index is 2.05. The van der Waals surface area contributed by atoms with E-state index in [0.29, 0.717) is 10.9 Å². The van der Waals surface area contributed by atoms with Crippen LogP contribution in [0.25, 0.3) is 10.9 Å². The van der Waals surface area contributed by atoms with Crippen molar-refractivity contribution < 1.29 is 27.5 Å². The Hall–Kier alpha value is -3.28. The van der Waals surface area contributed by atoms with E-state index in [1.165, 1.54) is 43.6 Å². The third kappa shape index (κ3) is 6.77. The van der Waals surface area contributed by atoms with Crippen molar-refractivity contribution in [3.05, 3.63) is 58.2 Å². The highest BCUT2D eigenvalue weighted by Crippen LogP contribution is 2.31. The summed E-state index contributed by atoms with van der Waals surface area (Å²) in [5.74, 6) is -1.62. The molecular formula is C25H28Cl2N4O6S. The van der Waals surface area contributed by atoms with E-state index in [-0.39, 0.29) is 32.1 Å². The molecule has 0 spiro atoms. The van der Waals surface area contributed by atoms with Crippen molar-refractivity contribution >= 4 is 67.6 Å². The summed E-state index contributed by atoms with van der Waals surface area (Å²) in [7, 11) is -2.87. The van der Waals surface area contributed by atoms with Crippen LogP contribution in [0.2, 0.25) is 10.0 Å². The highest BCUT2D eigenvalue weighted by molar-refractivity contribution is 7.92. The number of ether oxygens (including phenoxy) is 1. The van der Waals surface area contributed by atoms with Crippen LogP contribution in [0.4, 0.5) is 5.69 Å². The fourth-order valence-corrected chi connectivity index (χ4v) is 5.75. The Bertz CT molecular complexity index is 1480. The Labute approximate surface area is 230 Å².